The zero-order valence-corrected chi connectivity index (χ0v) is 36.9. The highest BCUT2D eigenvalue weighted by Crippen LogP contribution is 2.11. The Hall–Kier alpha value is -0.800. The third-order valence-electron chi connectivity index (χ3n) is 9.83. The molecule has 0 aromatic heterocycles. The molecule has 7 heteroatoms. The van der Waals surface area contributed by atoms with Gasteiger partial charge in [0.1, 0.15) is 0 Å². The molecule has 0 aliphatic carbocycles. The lowest BCUT2D eigenvalue weighted by molar-refractivity contribution is -0.0206. The first kappa shape index (κ1) is 54.2. The molecule has 0 bridgehead atoms. The van der Waals surface area contributed by atoms with Crippen LogP contribution in [-0.2, 0) is 33.2 Å². The quantitative estimate of drug-likeness (QED) is 0.0450. The minimum Gasteiger partial charge on any atom is -0.379 e. The summed E-state index contributed by atoms with van der Waals surface area (Å²) in [6.45, 7) is 13.4. The molecule has 0 radical (unpaired) electrons. The molecule has 328 valence electrons. The van der Waals surface area contributed by atoms with Crippen molar-refractivity contribution < 1.29 is 33.2 Å². The fraction of sp³-hybridized carbons (Fsp3) is 0.917. The molecule has 0 saturated heterocycles. The molecule has 0 N–H and O–H groups in total. The molecule has 0 saturated carbocycles. The smallest absolute Gasteiger partial charge is 0.0701 e. The van der Waals surface area contributed by atoms with Crippen LogP contribution < -0.4 is 0 Å². The Morgan fingerprint density at radius 1 is 0.200 bits per heavy atom. The van der Waals surface area contributed by atoms with Crippen molar-refractivity contribution in [2.24, 2.45) is 0 Å². The summed E-state index contributed by atoms with van der Waals surface area (Å²) in [6.07, 6.45) is 46.8. The second-order valence-electron chi connectivity index (χ2n) is 15.2. The van der Waals surface area contributed by atoms with Gasteiger partial charge in [0.25, 0.3) is 0 Å². The van der Waals surface area contributed by atoms with E-state index in [1.165, 1.54) is 167 Å². The van der Waals surface area contributed by atoms with Gasteiger partial charge in [0.15, 0.2) is 0 Å². The zero-order valence-electron chi connectivity index (χ0n) is 36.9. The standard InChI is InChI=1S/C48H94O7/c1-3-5-7-9-11-13-15-17-19-21-23-25-27-29-31-33-35-49-37-39-51-41-43-53-45-47-55-48-46-54-44-42-52-40-38-50-36-34-32-30-28-26-24-22-20-18-16-14-12-10-8-6-4-2/h17-20H,3-16,21-48H2,1-2H3. The zero-order chi connectivity index (χ0) is 39.5. The van der Waals surface area contributed by atoms with Crippen LogP contribution in [0.4, 0.5) is 0 Å². The van der Waals surface area contributed by atoms with E-state index in [1.54, 1.807) is 0 Å². The Labute approximate surface area is 342 Å². The van der Waals surface area contributed by atoms with Crippen molar-refractivity contribution in [1.29, 1.82) is 0 Å². The van der Waals surface area contributed by atoms with Crippen LogP contribution in [0.3, 0.4) is 0 Å². The molecule has 0 rings (SSSR count). The summed E-state index contributed by atoms with van der Waals surface area (Å²) in [4.78, 5) is 0. The second-order valence-corrected chi connectivity index (χ2v) is 15.2. The molecule has 0 unspecified atom stereocenters. The van der Waals surface area contributed by atoms with Crippen molar-refractivity contribution in [1.82, 2.24) is 0 Å². The summed E-state index contributed by atoms with van der Waals surface area (Å²) in [7, 11) is 0. The van der Waals surface area contributed by atoms with E-state index in [-0.39, 0.29) is 0 Å². The molecule has 7 nitrogen and oxygen atoms in total. The van der Waals surface area contributed by atoms with Gasteiger partial charge in [-0.2, -0.15) is 0 Å². The minimum atomic E-state index is 0.563. The van der Waals surface area contributed by atoms with E-state index in [0.717, 1.165) is 26.1 Å². The maximum Gasteiger partial charge on any atom is 0.0701 e. The van der Waals surface area contributed by atoms with Crippen molar-refractivity contribution in [2.45, 2.75) is 194 Å². The van der Waals surface area contributed by atoms with Crippen molar-refractivity contribution in [2.75, 3.05) is 92.5 Å². The first-order valence-electron chi connectivity index (χ1n) is 23.8. The lowest BCUT2D eigenvalue weighted by Crippen LogP contribution is -2.14. The summed E-state index contributed by atoms with van der Waals surface area (Å²) in [5.41, 5.74) is 0. The number of rotatable bonds is 50. The Morgan fingerprint density at radius 3 is 0.618 bits per heavy atom. The molecule has 0 aliphatic rings. The first-order valence-corrected chi connectivity index (χ1v) is 23.8. The van der Waals surface area contributed by atoms with Crippen molar-refractivity contribution in [3.05, 3.63) is 24.3 Å². The van der Waals surface area contributed by atoms with Gasteiger partial charge in [0, 0.05) is 13.2 Å². The van der Waals surface area contributed by atoms with Gasteiger partial charge >= 0.3 is 0 Å². The normalized spacial score (nSPS) is 12.0. The Balaban J connectivity index is 3.09. The topological polar surface area (TPSA) is 64.6 Å². The predicted octanol–water partition coefficient (Wildman–Crippen LogP) is 13.2. The van der Waals surface area contributed by atoms with Gasteiger partial charge in [-0.3, -0.25) is 0 Å². The molecule has 55 heavy (non-hydrogen) atoms. The highest BCUT2D eigenvalue weighted by atomic mass is 16.6. The summed E-state index contributed by atoms with van der Waals surface area (Å²) in [5.74, 6) is 0. The van der Waals surface area contributed by atoms with Gasteiger partial charge < -0.3 is 33.2 Å². The van der Waals surface area contributed by atoms with Crippen LogP contribution in [0.2, 0.25) is 0 Å². The van der Waals surface area contributed by atoms with Crippen LogP contribution in [0, 0.1) is 0 Å². The molecule has 0 atom stereocenters. The lowest BCUT2D eigenvalue weighted by Gasteiger charge is -2.08. The summed E-state index contributed by atoms with van der Waals surface area (Å²) >= 11 is 0. The van der Waals surface area contributed by atoms with Crippen LogP contribution in [0.15, 0.2) is 24.3 Å². The average Bonchev–Trinajstić information content (AvgIpc) is 3.20. The highest BCUT2D eigenvalue weighted by Gasteiger charge is 1.97. The number of allylic oxidation sites excluding steroid dienone is 4. The predicted molar refractivity (Wildman–Crippen MR) is 235 cm³/mol. The summed E-state index contributed by atoms with van der Waals surface area (Å²) < 4.78 is 39.3. The van der Waals surface area contributed by atoms with E-state index in [9.17, 15) is 0 Å². The third kappa shape index (κ3) is 53.2. The average molecular weight is 783 g/mol. The van der Waals surface area contributed by atoms with E-state index in [4.69, 9.17) is 33.2 Å². The van der Waals surface area contributed by atoms with Gasteiger partial charge in [-0.15, -0.1) is 0 Å². The van der Waals surface area contributed by atoms with Crippen molar-refractivity contribution in [3.8, 4) is 0 Å². The SMILES string of the molecule is CCCCCCCCC=CCCCCCCCCOCCOCCOCCOCCOCCOCCOCCCCCCCCC=CCCCCCCCC. The van der Waals surface area contributed by atoms with Gasteiger partial charge in [-0.25, -0.2) is 0 Å². The van der Waals surface area contributed by atoms with Crippen molar-refractivity contribution in [3.63, 3.8) is 0 Å². The lowest BCUT2D eigenvalue weighted by atomic mass is 10.1. The van der Waals surface area contributed by atoms with E-state index < -0.39 is 0 Å². The maximum absolute atomic E-state index is 5.70. The van der Waals surface area contributed by atoms with Crippen molar-refractivity contribution >= 4 is 0 Å². The second kappa shape index (κ2) is 53.2. The van der Waals surface area contributed by atoms with Gasteiger partial charge in [-0.05, 0) is 64.2 Å². The Kier molecular flexibility index (Phi) is 52.4. The fourth-order valence-corrected chi connectivity index (χ4v) is 6.32. The minimum absolute atomic E-state index is 0.563. The molecule has 0 heterocycles. The largest absolute Gasteiger partial charge is 0.379 e. The van der Waals surface area contributed by atoms with Crippen LogP contribution in [0.5, 0.6) is 0 Å². The van der Waals surface area contributed by atoms with E-state index in [1.807, 2.05) is 0 Å². The molecular weight excluding hydrogens is 689 g/mol. The van der Waals surface area contributed by atoms with Gasteiger partial charge in [0.05, 0.1) is 79.3 Å². The Morgan fingerprint density at radius 2 is 0.382 bits per heavy atom. The molecule has 0 amide bonds. The summed E-state index contributed by atoms with van der Waals surface area (Å²) in [6, 6.07) is 0. The Bertz CT molecular complexity index is 658. The van der Waals surface area contributed by atoms with Crippen LogP contribution in [0.25, 0.3) is 0 Å². The molecule has 0 aliphatic heterocycles. The number of ether oxygens (including phenoxy) is 7. The first-order chi connectivity index (χ1) is 27.4. The van der Waals surface area contributed by atoms with Gasteiger partial charge in [0.2, 0.25) is 0 Å². The monoisotopic (exact) mass is 783 g/mol. The van der Waals surface area contributed by atoms with Crippen LogP contribution >= 0.6 is 0 Å². The van der Waals surface area contributed by atoms with E-state index >= 15 is 0 Å². The number of unbranched alkanes of at least 4 members (excludes halogenated alkanes) is 24. The molecular formula is C48H94O7. The number of hydrogen-bond donors (Lipinski definition) is 0. The molecule has 0 fully saturated rings. The molecule has 0 aromatic carbocycles. The number of hydrogen-bond acceptors (Lipinski definition) is 7. The highest BCUT2D eigenvalue weighted by molar-refractivity contribution is 4.82. The maximum atomic E-state index is 5.70. The third-order valence-corrected chi connectivity index (χ3v) is 9.83. The summed E-state index contributed by atoms with van der Waals surface area (Å²) in [5, 5.41) is 0. The van der Waals surface area contributed by atoms with Crippen LogP contribution in [-0.4, -0.2) is 92.5 Å². The fourth-order valence-electron chi connectivity index (χ4n) is 6.32. The van der Waals surface area contributed by atoms with Crippen LogP contribution in [0.1, 0.15) is 194 Å². The molecule has 0 aromatic rings. The van der Waals surface area contributed by atoms with E-state index in [2.05, 4.69) is 38.2 Å². The molecule has 0 spiro atoms. The van der Waals surface area contributed by atoms with Gasteiger partial charge in [-0.1, -0.05) is 154 Å². The van der Waals surface area contributed by atoms with E-state index in [0.29, 0.717) is 79.3 Å².